The van der Waals surface area contributed by atoms with E-state index in [0.29, 0.717) is 0 Å². The third-order valence-corrected chi connectivity index (χ3v) is 4.76. The molecular weight excluding hydrogens is 345 g/mol. The second-order valence-corrected chi connectivity index (χ2v) is 6.85. The standard InChI is InChI=1S/C21H22FN3O2/c1-14-11-25(12-16-5-8-19(26-2)9-20(16)27-14)13-17-10-23-24-21(17)15-3-6-18(22)7-4-15/h3-10,14H,11-13H2,1-2H3,(H,23,24). The highest BCUT2D eigenvalue weighted by atomic mass is 19.1. The SMILES string of the molecule is COc1ccc2c(c1)OC(C)CN(Cc1cn[nH]c1-c1ccc(F)cc1)C2. The Morgan fingerprint density at radius 2 is 2.07 bits per heavy atom. The molecule has 3 aromatic rings. The molecule has 4 rings (SSSR count). The summed E-state index contributed by atoms with van der Waals surface area (Å²) in [6.07, 6.45) is 1.89. The summed E-state index contributed by atoms with van der Waals surface area (Å²) in [6.45, 7) is 4.36. The van der Waals surface area contributed by atoms with Gasteiger partial charge >= 0.3 is 0 Å². The number of rotatable bonds is 4. The molecule has 0 saturated carbocycles. The van der Waals surface area contributed by atoms with E-state index in [1.54, 1.807) is 19.2 Å². The largest absolute Gasteiger partial charge is 0.497 e. The third-order valence-electron chi connectivity index (χ3n) is 4.76. The zero-order valence-electron chi connectivity index (χ0n) is 15.4. The summed E-state index contributed by atoms with van der Waals surface area (Å²) in [5.74, 6) is 1.42. The fourth-order valence-corrected chi connectivity index (χ4v) is 3.48. The number of halogens is 1. The van der Waals surface area contributed by atoms with Crippen molar-refractivity contribution in [1.29, 1.82) is 0 Å². The van der Waals surface area contributed by atoms with E-state index in [9.17, 15) is 4.39 Å². The average molecular weight is 367 g/mol. The van der Waals surface area contributed by atoms with E-state index in [0.717, 1.165) is 53.5 Å². The first-order chi connectivity index (χ1) is 13.1. The number of hydrogen-bond acceptors (Lipinski definition) is 4. The van der Waals surface area contributed by atoms with Crippen molar-refractivity contribution >= 4 is 0 Å². The highest BCUT2D eigenvalue weighted by Gasteiger charge is 2.22. The second-order valence-electron chi connectivity index (χ2n) is 6.85. The Hall–Kier alpha value is -2.86. The van der Waals surface area contributed by atoms with E-state index < -0.39 is 0 Å². The lowest BCUT2D eigenvalue weighted by Gasteiger charge is -2.21. The van der Waals surface area contributed by atoms with Crippen LogP contribution in [0.25, 0.3) is 11.3 Å². The van der Waals surface area contributed by atoms with Crippen molar-refractivity contribution in [2.75, 3.05) is 13.7 Å². The summed E-state index contributed by atoms with van der Waals surface area (Å²) in [5.41, 5.74) is 4.05. The van der Waals surface area contributed by atoms with Gasteiger partial charge in [-0.1, -0.05) is 6.07 Å². The van der Waals surface area contributed by atoms with Gasteiger partial charge in [-0.05, 0) is 37.3 Å². The number of H-pyrrole nitrogens is 1. The van der Waals surface area contributed by atoms with Gasteiger partial charge in [-0.2, -0.15) is 5.10 Å². The smallest absolute Gasteiger partial charge is 0.127 e. The molecule has 140 valence electrons. The molecule has 1 aliphatic heterocycles. The third kappa shape index (κ3) is 3.80. The predicted octanol–water partition coefficient (Wildman–Crippen LogP) is 4.01. The Bertz CT molecular complexity index is 923. The first-order valence-corrected chi connectivity index (χ1v) is 8.96. The quantitative estimate of drug-likeness (QED) is 0.757. The molecule has 2 heterocycles. The maximum absolute atomic E-state index is 13.2. The van der Waals surface area contributed by atoms with Crippen LogP contribution in [-0.2, 0) is 13.1 Å². The predicted molar refractivity (Wildman–Crippen MR) is 101 cm³/mol. The van der Waals surface area contributed by atoms with Gasteiger partial charge in [-0.15, -0.1) is 0 Å². The number of methoxy groups -OCH3 is 1. The van der Waals surface area contributed by atoms with E-state index in [4.69, 9.17) is 9.47 Å². The Kier molecular flexibility index (Phi) is 4.81. The molecule has 1 N–H and O–H groups in total. The molecule has 1 aliphatic rings. The fourth-order valence-electron chi connectivity index (χ4n) is 3.48. The molecule has 1 aromatic heterocycles. The number of fused-ring (bicyclic) bond motifs is 1. The summed E-state index contributed by atoms with van der Waals surface area (Å²) in [7, 11) is 1.66. The topological polar surface area (TPSA) is 50.4 Å². The van der Waals surface area contributed by atoms with Gasteiger partial charge in [0.1, 0.15) is 23.4 Å². The summed E-state index contributed by atoms with van der Waals surface area (Å²) >= 11 is 0. The zero-order chi connectivity index (χ0) is 18.8. The van der Waals surface area contributed by atoms with Crippen molar-refractivity contribution in [2.45, 2.75) is 26.1 Å². The Morgan fingerprint density at radius 1 is 1.26 bits per heavy atom. The first-order valence-electron chi connectivity index (χ1n) is 8.96. The Labute approximate surface area is 157 Å². The van der Waals surface area contributed by atoms with Crippen molar-refractivity contribution in [2.24, 2.45) is 0 Å². The van der Waals surface area contributed by atoms with Crippen LogP contribution in [0.1, 0.15) is 18.1 Å². The van der Waals surface area contributed by atoms with Gasteiger partial charge < -0.3 is 9.47 Å². The van der Waals surface area contributed by atoms with Crippen LogP contribution in [-0.4, -0.2) is 34.9 Å². The fraction of sp³-hybridized carbons (Fsp3) is 0.286. The molecule has 1 atom stereocenters. The van der Waals surface area contributed by atoms with Crippen LogP contribution >= 0.6 is 0 Å². The van der Waals surface area contributed by atoms with E-state index in [2.05, 4.69) is 28.1 Å². The number of aromatic amines is 1. The van der Waals surface area contributed by atoms with Gasteiger partial charge in [0, 0.05) is 42.4 Å². The normalized spacial score (nSPS) is 17.1. The molecule has 0 fully saturated rings. The second kappa shape index (κ2) is 7.40. The Balaban J connectivity index is 1.58. The number of benzene rings is 2. The van der Waals surface area contributed by atoms with Crippen molar-refractivity contribution in [1.82, 2.24) is 15.1 Å². The monoisotopic (exact) mass is 367 g/mol. The molecule has 1 unspecified atom stereocenters. The number of aromatic nitrogens is 2. The molecule has 0 radical (unpaired) electrons. The number of hydrogen-bond donors (Lipinski definition) is 1. The average Bonchev–Trinajstić information content (AvgIpc) is 3.04. The summed E-state index contributed by atoms with van der Waals surface area (Å²) in [6, 6.07) is 12.4. The van der Waals surface area contributed by atoms with Crippen LogP contribution in [0.2, 0.25) is 0 Å². The van der Waals surface area contributed by atoms with Crippen LogP contribution in [0, 0.1) is 5.82 Å². The summed E-state index contributed by atoms with van der Waals surface area (Å²) in [4.78, 5) is 2.33. The minimum atomic E-state index is -0.245. The van der Waals surface area contributed by atoms with Crippen molar-refractivity contribution in [3.8, 4) is 22.8 Å². The highest BCUT2D eigenvalue weighted by molar-refractivity contribution is 5.62. The van der Waals surface area contributed by atoms with E-state index in [1.807, 2.05) is 18.3 Å². The van der Waals surface area contributed by atoms with Crippen molar-refractivity contribution < 1.29 is 13.9 Å². The molecule has 0 bridgehead atoms. The highest BCUT2D eigenvalue weighted by Crippen LogP contribution is 2.31. The first kappa shape index (κ1) is 17.5. The lowest BCUT2D eigenvalue weighted by Crippen LogP contribution is -2.30. The van der Waals surface area contributed by atoms with Gasteiger partial charge in [0.25, 0.3) is 0 Å². The molecule has 6 heteroatoms. The van der Waals surface area contributed by atoms with Gasteiger partial charge in [-0.3, -0.25) is 10.00 Å². The summed E-state index contributed by atoms with van der Waals surface area (Å²) < 4.78 is 24.6. The minimum absolute atomic E-state index is 0.0551. The van der Waals surface area contributed by atoms with Gasteiger partial charge in [0.05, 0.1) is 19.0 Å². The Morgan fingerprint density at radius 3 is 2.85 bits per heavy atom. The molecule has 0 saturated heterocycles. The maximum atomic E-state index is 13.2. The molecule has 0 spiro atoms. The van der Waals surface area contributed by atoms with Gasteiger partial charge in [-0.25, -0.2) is 4.39 Å². The van der Waals surface area contributed by atoms with E-state index >= 15 is 0 Å². The van der Waals surface area contributed by atoms with Crippen molar-refractivity contribution in [3.05, 3.63) is 65.6 Å². The molecular formula is C21H22FN3O2. The number of nitrogens with one attached hydrogen (secondary N) is 1. The van der Waals surface area contributed by atoms with Crippen LogP contribution in [0.3, 0.4) is 0 Å². The van der Waals surface area contributed by atoms with Gasteiger partial charge in [0.2, 0.25) is 0 Å². The number of nitrogens with zero attached hydrogens (tertiary/aromatic N) is 2. The van der Waals surface area contributed by atoms with Gasteiger partial charge in [0.15, 0.2) is 0 Å². The number of ether oxygens (including phenoxy) is 2. The molecule has 0 aliphatic carbocycles. The van der Waals surface area contributed by atoms with E-state index in [-0.39, 0.29) is 11.9 Å². The lowest BCUT2D eigenvalue weighted by molar-refractivity contribution is 0.156. The minimum Gasteiger partial charge on any atom is -0.497 e. The molecule has 2 aromatic carbocycles. The van der Waals surface area contributed by atoms with Crippen LogP contribution in [0.4, 0.5) is 4.39 Å². The molecule has 5 nitrogen and oxygen atoms in total. The van der Waals surface area contributed by atoms with Crippen molar-refractivity contribution in [3.63, 3.8) is 0 Å². The molecule has 0 amide bonds. The van der Waals surface area contributed by atoms with E-state index in [1.165, 1.54) is 12.1 Å². The molecule has 27 heavy (non-hydrogen) atoms. The van der Waals surface area contributed by atoms with Crippen LogP contribution in [0.15, 0.2) is 48.7 Å². The lowest BCUT2D eigenvalue weighted by atomic mass is 10.1. The van der Waals surface area contributed by atoms with Crippen LogP contribution < -0.4 is 9.47 Å². The van der Waals surface area contributed by atoms with Crippen LogP contribution in [0.5, 0.6) is 11.5 Å². The maximum Gasteiger partial charge on any atom is 0.127 e. The summed E-state index contributed by atoms with van der Waals surface area (Å²) in [5, 5.41) is 7.25. The zero-order valence-corrected chi connectivity index (χ0v) is 15.4.